The summed E-state index contributed by atoms with van der Waals surface area (Å²) < 4.78 is 0. The predicted octanol–water partition coefficient (Wildman–Crippen LogP) is 2.02. The largest absolute Gasteiger partial charge is 0.387 e. The van der Waals surface area contributed by atoms with E-state index in [1.54, 1.807) is 11.8 Å². The van der Waals surface area contributed by atoms with Gasteiger partial charge in [-0.3, -0.25) is 10.3 Å². The van der Waals surface area contributed by atoms with E-state index >= 15 is 0 Å². The van der Waals surface area contributed by atoms with Crippen molar-refractivity contribution in [2.45, 2.75) is 33.1 Å². The molecule has 1 saturated heterocycles. The zero-order valence-electron chi connectivity index (χ0n) is 13.6. The highest BCUT2D eigenvalue weighted by molar-refractivity contribution is 7.80. The number of hydrogen-bond donors (Lipinski definition) is 2. The molecule has 2 rings (SSSR count). The summed E-state index contributed by atoms with van der Waals surface area (Å²) in [7, 11) is 0. The maximum absolute atomic E-state index is 12.1. The summed E-state index contributed by atoms with van der Waals surface area (Å²) in [5.41, 5.74) is 7.73. The van der Waals surface area contributed by atoms with E-state index in [-0.39, 0.29) is 11.1 Å². The van der Waals surface area contributed by atoms with Crippen LogP contribution in [-0.2, 0) is 6.42 Å². The van der Waals surface area contributed by atoms with E-state index in [9.17, 15) is 4.79 Å². The summed E-state index contributed by atoms with van der Waals surface area (Å²) in [5, 5.41) is 2.70. The van der Waals surface area contributed by atoms with E-state index in [4.69, 9.17) is 18.0 Å². The Morgan fingerprint density at radius 2 is 2.17 bits per heavy atom. The fourth-order valence-corrected chi connectivity index (χ4v) is 2.85. The Hall–Kier alpha value is -2.02. The minimum atomic E-state index is -0.202. The van der Waals surface area contributed by atoms with Crippen LogP contribution in [0.4, 0.5) is 4.79 Å². The number of rotatable bonds is 2. The van der Waals surface area contributed by atoms with Gasteiger partial charge in [0, 0.05) is 25.0 Å². The zero-order chi connectivity index (χ0) is 16.8. The number of carbonyl (C=O) groups is 1. The van der Waals surface area contributed by atoms with Gasteiger partial charge in [-0.2, -0.15) is 0 Å². The molecule has 2 heterocycles. The Morgan fingerprint density at radius 3 is 2.74 bits per heavy atom. The number of nitrogens with two attached hydrogens (primary N) is 1. The number of nitrogens with zero attached hydrogens (tertiary/aromatic N) is 3. The maximum Gasteiger partial charge on any atom is 0.323 e. The second-order valence-corrected chi connectivity index (χ2v) is 6.34. The standard InChI is InChI=1S/C16H23N5OS/c1-11-3-4-14(18-10-11)9-13-5-7-21(8-6-13)16(22)20-15(23)19-12(2)17/h3-4,10,13H,5-9H2,1-2H3,(H3,17,19,20,22,23). The van der Waals surface area contributed by atoms with Crippen molar-refractivity contribution in [1.29, 1.82) is 0 Å². The first-order chi connectivity index (χ1) is 10.9. The molecule has 0 aromatic carbocycles. The predicted molar refractivity (Wildman–Crippen MR) is 95.4 cm³/mol. The number of piperidine rings is 1. The van der Waals surface area contributed by atoms with Crippen LogP contribution in [0.3, 0.4) is 0 Å². The van der Waals surface area contributed by atoms with E-state index < -0.39 is 0 Å². The van der Waals surface area contributed by atoms with Gasteiger partial charge in [0.15, 0.2) is 0 Å². The average molecular weight is 333 g/mol. The molecule has 6 nitrogen and oxygen atoms in total. The molecule has 1 fully saturated rings. The molecule has 2 amide bonds. The molecular formula is C16H23N5OS. The lowest BCUT2D eigenvalue weighted by atomic mass is 9.92. The SMILES string of the molecule is C/C(N)=N/C(=S)NC(=O)N1CCC(Cc2ccc(C)cn2)CC1. The quantitative estimate of drug-likeness (QED) is 0.493. The van der Waals surface area contributed by atoms with E-state index in [1.807, 2.05) is 13.1 Å². The summed E-state index contributed by atoms with van der Waals surface area (Å²) in [5.74, 6) is 0.894. The van der Waals surface area contributed by atoms with Gasteiger partial charge in [-0.15, -0.1) is 0 Å². The molecule has 23 heavy (non-hydrogen) atoms. The fourth-order valence-electron chi connectivity index (χ4n) is 2.61. The van der Waals surface area contributed by atoms with Crippen molar-refractivity contribution >= 4 is 29.2 Å². The van der Waals surface area contributed by atoms with Gasteiger partial charge in [0.1, 0.15) is 0 Å². The van der Waals surface area contributed by atoms with Crippen LogP contribution in [0, 0.1) is 12.8 Å². The lowest BCUT2D eigenvalue weighted by Crippen LogP contribution is -2.46. The van der Waals surface area contributed by atoms with Crippen LogP contribution in [0.1, 0.15) is 31.0 Å². The van der Waals surface area contributed by atoms with E-state index in [1.165, 1.54) is 5.56 Å². The Kier molecular flexibility index (Phi) is 6.04. The topological polar surface area (TPSA) is 83.6 Å². The third-order valence-electron chi connectivity index (χ3n) is 3.86. The average Bonchev–Trinajstić information content (AvgIpc) is 2.49. The van der Waals surface area contributed by atoms with Crippen molar-refractivity contribution in [2.75, 3.05) is 13.1 Å². The van der Waals surface area contributed by atoms with Crippen LogP contribution in [-0.4, -0.2) is 40.0 Å². The third-order valence-corrected chi connectivity index (χ3v) is 4.06. The highest BCUT2D eigenvalue weighted by atomic mass is 32.1. The minimum Gasteiger partial charge on any atom is -0.387 e. The Morgan fingerprint density at radius 1 is 1.48 bits per heavy atom. The number of urea groups is 1. The first-order valence-electron chi connectivity index (χ1n) is 7.76. The van der Waals surface area contributed by atoms with Crippen molar-refractivity contribution < 1.29 is 4.79 Å². The second-order valence-electron chi connectivity index (χ2n) is 5.95. The van der Waals surface area contributed by atoms with Crippen molar-refractivity contribution in [1.82, 2.24) is 15.2 Å². The molecular weight excluding hydrogens is 310 g/mol. The molecule has 1 aliphatic heterocycles. The summed E-state index contributed by atoms with van der Waals surface area (Å²) in [4.78, 5) is 22.2. The van der Waals surface area contributed by atoms with Gasteiger partial charge in [-0.05, 0) is 62.9 Å². The van der Waals surface area contributed by atoms with Crippen LogP contribution in [0.2, 0.25) is 0 Å². The van der Waals surface area contributed by atoms with Crippen LogP contribution in [0.25, 0.3) is 0 Å². The number of nitrogens with one attached hydrogen (secondary N) is 1. The van der Waals surface area contributed by atoms with E-state index in [0.717, 1.165) is 38.0 Å². The van der Waals surface area contributed by atoms with Gasteiger partial charge in [0.25, 0.3) is 0 Å². The number of amides is 2. The number of likely N-dealkylation sites (tertiary alicyclic amines) is 1. The van der Waals surface area contributed by atoms with Crippen molar-refractivity contribution in [3.05, 3.63) is 29.6 Å². The normalized spacial score (nSPS) is 16.3. The molecule has 0 radical (unpaired) electrons. The number of aromatic nitrogens is 1. The number of hydrogen-bond acceptors (Lipinski definition) is 3. The van der Waals surface area contributed by atoms with Gasteiger partial charge in [0.2, 0.25) is 5.11 Å². The van der Waals surface area contributed by atoms with Gasteiger partial charge < -0.3 is 10.6 Å². The van der Waals surface area contributed by atoms with Gasteiger partial charge in [-0.1, -0.05) is 6.07 Å². The molecule has 0 bridgehead atoms. The molecule has 0 spiro atoms. The third kappa shape index (κ3) is 5.59. The number of aryl methyl sites for hydroxylation is 1. The maximum atomic E-state index is 12.1. The molecule has 1 aromatic rings. The first kappa shape index (κ1) is 17.3. The highest BCUT2D eigenvalue weighted by Gasteiger charge is 2.23. The van der Waals surface area contributed by atoms with Crippen LogP contribution < -0.4 is 11.1 Å². The molecule has 3 N–H and O–H groups in total. The summed E-state index contributed by atoms with van der Waals surface area (Å²) in [6.07, 6.45) is 4.80. The lowest BCUT2D eigenvalue weighted by molar-refractivity contribution is 0.174. The van der Waals surface area contributed by atoms with E-state index in [0.29, 0.717) is 11.8 Å². The van der Waals surface area contributed by atoms with Gasteiger partial charge in [0.05, 0.1) is 5.84 Å². The summed E-state index contributed by atoms with van der Waals surface area (Å²) in [6.45, 7) is 5.10. The van der Waals surface area contributed by atoms with Crippen molar-refractivity contribution in [3.63, 3.8) is 0 Å². The van der Waals surface area contributed by atoms with E-state index in [2.05, 4.69) is 27.4 Å². The first-order valence-corrected chi connectivity index (χ1v) is 8.17. The Balaban J connectivity index is 1.79. The molecule has 1 aromatic heterocycles. The lowest BCUT2D eigenvalue weighted by Gasteiger charge is -2.31. The monoisotopic (exact) mass is 333 g/mol. The van der Waals surface area contributed by atoms with Crippen molar-refractivity contribution in [2.24, 2.45) is 16.6 Å². The number of carbonyl (C=O) groups excluding carboxylic acids is 1. The minimum absolute atomic E-state index is 0.112. The zero-order valence-corrected chi connectivity index (χ0v) is 14.4. The van der Waals surface area contributed by atoms with Crippen LogP contribution in [0.5, 0.6) is 0 Å². The van der Waals surface area contributed by atoms with Gasteiger partial charge in [-0.25, -0.2) is 9.79 Å². The molecule has 1 aliphatic rings. The molecule has 0 saturated carbocycles. The number of pyridine rings is 1. The second kappa shape index (κ2) is 8.01. The molecule has 0 unspecified atom stereocenters. The number of amidine groups is 1. The van der Waals surface area contributed by atoms with Crippen LogP contribution in [0.15, 0.2) is 23.3 Å². The highest BCUT2D eigenvalue weighted by Crippen LogP contribution is 2.21. The fraction of sp³-hybridized carbons (Fsp3) is 0.500. The molecule has 0 atom stereocenters. The summed E-state index contributed by atoms with van der Waals surface area (Å²) in [6, 6.07) is 3.97. The number of thiocarbonyl (C=S) groups is 1. The van der Waals surface area contributed by atoms with Crippen molar-refractivity contribution in [3.8, 4) is 0 Å². The smallest absolute Gasteiger partial charge is 0.323 e. The molecule has 0 aliphatic carbocycles. The Labute approximate surface area is 142 Å². The van der Waals surface area contributed by atoms with Gasteiger partial charge >= 0.3 is 6.03 Å². The summed E-state index contributed by atoms with van der Waals surface area (Å²) >= 11 is 4.96. The molecule has 124 valence electrons. The van der Waals surface area contributed by atoms with Crippen LogP contribution >= 0.6 is 12.2 Å². The number of aliphatic imine (C=N–C) groups is 1. The molecule has 7 heteroatoms. The Bertz CT molecular complexity index is 587.